The Morgan fingerprint density at radius 3 is 1.14 bits per heavy atom. The fourth-order valence-corrected chi connectivity index (χ4v) is 0. The molecule has 0 atom stereocenters. The predicted molar refractivity (Wildman–Crippen MR) is 14.9 cm³/mol. The molecule has 0 saturated heterocycles. The van der Waals surface area contributed by atoms with E-state index in [0.717, 1.165) is 0 Å². The maximum atomic E-state index is 8.74. The molecule has 0 aliphatic rings. The van der Waals surface area contributed by atoms with Gasteiger partial charge in [-0.2, -0.15) is 8.42 Å². The van der Waals surface area contributed by atoms with E-state index in [0.29, 0.717) is 0 Å². The molecule has 0 unspecified atom stereocenters. The first-order valence-corrected chi connectivity index (χ1v) is 3.58. The van der Waals surface area contributed by atoms with Crippen molar-refractivity contribution in [1.82, 2.24) is 0 Å². The molecular weight excluding hydrogens is 252 g/mol. The van der Waals surface area contributed by atoms with Gasteiger partial charge < -0.3 is 0 Å². The third kappa shape index (κ3) is 164. The molecule has 0 spiro atoms. The van der Waals surface area contributed by atoms with Crippen LogP contribution in [0.4, 0.5) is 0 Å². The summed E-state index contributed by atoms with van der Waals surface area (Å²) in [6.07, 6.45) is 0. The molecule has 0 radical (unpaired) electrons. The monoisotopic (exact) mass is 254 g/mol. The van der Waals surface area contributed by atoms with E-state index in [1.165, 1.54) is 0 Å². The number of rotatable bonds is 0. The molecule has 0 aliphatic carbocycles. The second-order valence-corrected chi connectivity index (χ2v) is 1.34. The zero-order valence-corrected chi connectivity index (χ0v) is 6.98. The fourth-order valence-electron chi connectivity index (χ4n) is 0. The third-order valence-corrected chi connectivity index (χ3v) is 0. The van der Waals surface area contributed by atoms with Gasteiger partial charge in [0.25, 0.3) is 0 Å². The van der Waals surface area contributed by atoms with Crippen molar-refractivity contribution < 1.29 is 58.2 Å². The van der Waals surface area contributed by atoms with E-state index in [9.17, 15) is 0 Å². The molecule has 0 aromatic heterocycles. The van der Waals surface area contributed by atoms with Gasteiger partial charge in [0.2, 0.25) is 0 Å². The Morgan fingerprint density at radius 2 is 1.14 bits per heavy atom. The van der Waals surface area contributed by atoms with E-state index in [-0.39, 0.29) is 39.8 Å². The minimum atomic E-state index is -4.67. The Kier molecular flexibility index (Phi) is 8.10. The van der Waals surface area contributed by atoms with Crippen molar-refractivity contribution in [1.29, 1.82) is 0 Å². The molecule has 0 fully saturated rings. The van der Waals surface area contributed by atoms with Gasteiger partial charge in [0.15, 0.2) is 0 Å². The molecular formula is H2CeO5S. The fraction of sp³-hybridized carbons (Fsp3) is 0. The predicted octanol–water partition coefficient (Wildman–Crippen LogP) is -0.772. The van der Waals surface area contributed by atoms with Gasteiger partial charge in [0, 0.05) is 0 Å². The van der Waals surface area contributed by atoms with Crippen molar-refractivity contribution in [2.24, 2.45) is 0 Å². The summed E-state index contributed by atoms with van der Waals surface area (Å²) in [5, 5.41) is 0. The van der Waals surface area contributed by atoms with Crippen LogP contribution in [0.1, 0.15) is 0 Å². The van der Waals surface area contributed by atoms with Crippen LogP contribution in [0.15, 0.2) is 0 Å². The van der Waals surface area contributed by atoms with E-state index in [2.05, 4.69) is 0 Å². The van der Waals surface area contributed by atoms with E-state index >= 15 is 0 Å². The average Bonchev–Trinajstić information content (AvgIpc) is 1.36. The van der Waals surface area contributed by atoms with Crippen LogP contribution in [0.2, 0.25) is 0 Å². The second kappa shape index (κ2) is 5.19. The summed E-state index contributed by atoms with van der Waals surface area (Å²) in [6, 6.07) is 0. The quantitative estimate of drug-likeness (QED) is 0.554. The topological polar surface area (TPSA) is 91.7 Å². The summed E-state index contributed by atoms with van der Waals surface area (Å²) < 4.78 is 40.0. The Morgan fingerprint density at radius 1 is 1.14 bits per heavy atom. The second-order valence-electron chi connectivity index (χ2n) is 0.448. The molecule has 5 nitrogen and oxygen atoms in total. The molecule has 0 bridgehead atoms. The van der Waals surface area contributed by atoms with E-state index in [1.807, 2.05) is 0 Å². The van der Waals surface area contributed by atoms with Gasteiger partial charge in [0.05, 0.1) is 0 Å². The Bertz CT molecular complexity index is 102. The molecule has 7 heavy (non-hydrogen) atoms. The van der Waals surface area contributed by atoms with Crippen LogP contribution in [0, 0.1) is 39.8 Å². The average molecular weight is 254 g/mol. The van der Waals surface area contributed by atoms with E-state index in [4.69, 9.17) is 18.5 Å². The van der Waals surface area contributed by atoms with Gasteiger partial charge in [0.1, 0.15) is 0 Å². The van der Waals surface area contributed by atoms with Gasteiger partial charge in [-0.1, -0.05) is 0 Å². The summed E-state index contributed by atoms with van der Waals surface area (Å²) in [7, 11) is -4.67. The molecule has 0 heterocycles. The summed E-state index contributed by atoms with van der Waals surface area (Å²) in [6.45, 7) is 0. The summed E-state index contributed by atoms with van der Waals surface area (Å²) in [4.78, 5) is 0. The number of hydrogen-bond donors (Lipinski definition) is 2. The first kappa shape index (κ1) is 10.9. The van der Waals surface area contributed by atoms with E-state index in [1.54, 1.807) is 0 Å². The SMILES string of the molecule is O=S(=O)(O)O.[O]=[Ce]. The van der Waals surface area contributed by atoms with Crippen molar-refractivity contribution in [3.8, 4) is 0 Å². The summed E-state index contributed by atoms with van der Waals surface area (Å²) in [5.74, 6) is 0. The molecule has 0 aliphatic heterocycles. The van der Waals surface area contributed by atoms with E-state index < -0.39 is 10.4 Å². The molecule has 2 N–H and O–H groups in total. The van der Waals surface area contributed by atoms with Crippen LogP contribution < -0.4 is 0 Å². The maximum absolute atomic E-state index is 8.74. The van der Waals surface area contributed by atoms with Crippen LogP contribution >= 0.6 is 0 Å². The van der Waals surface area contributed by atoms with Crippen LogP contribution in [-0.2, 0) is 11.3 Å². The van der Waals surface area contributed by atoms with Crippen molar-refractivity contribution in [2.45, 2.75) is 0 Å². The Hall–Kier alpha value is 1.05. The van der Waals surface area contributed by atoms with Crippen molar-refractivity contribution in [3.05, 3.63) is 0 Å². The molecule has 42 valence electrons. The van der Waals surface area contributed by atoms with Crippen molar-refractivity contribution in [2.75, 3.05) is 0 Å². The molecule has 0 saturated carbocycles. The zero-order chi connectivity index (χ0) is 6.50. The van der Waals surface area contributed by atoms with Crippen molar-refractivity contribution >= 4 is 10.4 Å². The van der Waals surface area contributed by atoms with Gasteiger partial charge in [-0.05, 0) is 0 Å². The molecule has 0 aromatic rings. The zero-order valence-electron chi connectivity index (χ0n) is 3.03. The standard InChI is InChI=1S/Ce.H2O4S.O/c;1-5(2,3)4;/h;(H2,1,2,3,4);. The van der Waals surface area contributed by atoms with Crippen molar-refractivity contribution in [3.63, 3.8) is 0 Å². The third-order valence-electron chi connectivity index (χ3n) is 0. The molecule has 0 amide bonds. The van der Waals surface area contributed by atoms with Gasteiger partial charge in [-0.25, -0.2) is 0 Å². The first-order valence-electron chi connectivity index (χ1n) is 0.903. The molecule has 7 heteroatoms. The first-order chi connectivity index (χ1) is 3.00. The Balaban J connectivity index is 0. The number of hydrogen-bond acceptors (Lipinski definition) is 3. The van der Waals surface area contributed by atoms with Crippen LogP contribution in [0.5, 0.6) is 0 Å². The molecule has 0 aromatic carbocycles. The molecule has 0 rings (SSSR count). The summed E-state index contributed by atoms with van der Waals surface area (Å²) >= 11 is 0.0556. The van der Waals surface area contributed by atoms with Gasteiger partial charge >= 0.3 is 51.1 Å². The van der Waals surface area contributed by atoms with Gasteiger partial charge in [-0.15, -0.1) is 0 Å². The Labute approximate surface area is 67.9 Å². The minimum absolute atomic E-state index is 0.0556. The van der Waals surface area contributed by atoms with Crippen LogP contribution in [0.25, 0.3) is 0 Å². The normalized spacial score (nSPS) is 8.71. The summed E-state index contributed by atoms with van der Waals surface area (Å²) in [5.41, 5.74) is 0. The van der Waals surface area contributed by atoms with Crippen LogP contribution in [0.3, 0.4) is 0 Å². The van der Waals surface area contributed by atoms with Crippen LogP contribution in [-0.4, -0.2) is 17.5 Å². The van der Waals surface area contributed by atoms with Gasteiger partial charge in [-0.3, -0.25) is 9.11 Å².